The molecule has 1 unspecified atom stereocenters. The van der Waals surface area contributed by atoms with Crippen LogP contribution in [-0.2, 0) is 20.5 Å². The number of hydrogen-bond donors (Lipinski definition) is 2. The van der Waals surface area contributed by atoms with Crippen LogP contribution in [0.3, 0.4) is 0 Å². The first kappa shape index (κ1) is 29.2. The van der Waals surface area contributed by atoms with Crippen molar-refractivity contribution in [2.45, 2.75) is 18.6 Å². The van der Waals surface area contributed by atoms with Crippen LogP contribution < -0.4 is 5.32 Å². The predicted molar refractivity (Wildman–Crippen MR) is 136 cm³/mol. The summed E-state index contributed by atoms with van der Waals surface area (Å²) in [5, 5.41) is 9.18. The molecule has 1 fully saturated rings. The summed E-state index contributed by atoms with van der Waals surface area (Å²) < 4.78 is 59.1. The third kappa shape index (κ3) is 6.88. The number of rotatable bonds is 7. The first-order valence-corrected chi connectivity index (χ1v) is 12.4. The standard InChI is InChI=1S/C27H25F4N5O5/c1-41-24(38)12-18-15-35(9-10-36(18)26(40)19-11-17(28)7-8-20(19)27(29,30)31)23(37)14-32-25(39)22-13-21(33-34-22)16-5-3-2-4-6-16/h2-8,11,13,18H,9-10,12,14-15H2,1H3,(H,32,39)(H,33,34). The van der Waals surface area contributed by atoms with Gasteiger partial charge in [0.15, 0.2) is 5.69 Å². The number of ether oxygens (including phenoxy) is 1. The minimum Gasteiger partial charge on any atom is -0.469 e. The summed E-state index contributed by atoms with van der Waals surface area (Å²) in [6, 6.07) is 11.2. The monoisotopic (exact) mass is 575 g/mol. The van der Waals surface area contributed by atoms with Crippen LogP contribution in [0.15, 0.2) is 54.6 Å². The summed E-state index contributed by atoms with van der Waals surface area (Å²) in [5.41, 5.74) is -0.782. The molecular formula is C27H25F4N5O5. The van der Waals surface area contributed by atoms with Gasteiger partial charge in [0.25, 0.3) is 11.8 Å². The van der Waals surface area contributed by atoms with Crippen LogP contribution in [0.2, 0.25) is 0 Å². The Balaban J connectivity index is 1.44. The molecule has 2 N–H and O–H groups in total. The smallest absolute Gasteiger partial charge is 0.417 e. The van der Waals surface area contributed by atoms with Gasteiger partial charge in [-0.3, -0.25) is 24.3 Å². The molecule has 0 spiro atoms. The Morgan fingerprint density at radius 2 is 1.80 bits per heavy atom. The first-order valence-electron chi connectivity index (χ1n) is 12.4. The summed E-state index contributed by atoms with van der Waals surface area (Å²) in [4.78, 5) is 53.0. The van der Waals surface area contributed by atoms with Crippen molar-refractivity contribution in [2.24, 2.45) is 0 Å². The summed E-state index contributed by atoms with van der Waals surface area (Å²) in [6.07, 6.45) is -5.35. The number of H-pyrrole nitrogens is 1. The van der Waals surface area contributed by atoms with Gasteiger partial charge >= 0.3 is 12.1 Å². The molecule has 1 aliphatic heterocycles. The topological polar surface area (TPSA) is 125 Å². The molecular weight excluding hydrogens is 550 g/mol. The second-order valence-corrected chi connectivity index (χ2v) is 9.18. The van der Waals surface area contributed by atoms with Gasteiger partial charge in [-0.05, 0) is 29.8 Å². The predicted octanol–water partition coefficient (Wildman–Crippen LogP) is 2.88. The third-order valence-corrected chi connectivity index (χ3v) is 6.54. The SMILES string of the molecule is COC(=O)CC1CN(C(=O)CNC(=O)c2cc(-c3ccccc3)[nH]n2)CCN1C(=O)c1cc(F)ccc1C(F)(F)F. The second-order valence-electron chi connectivity index (χ2n) is 9.18. The lowest BCUT2D eigenvalue weighted by Gasteiger charge is -2.41. The molecule has 14 heteroatoms. The van der Waals surface area contributed by atoms with E-state index >= 15 is 0 Å². The Morgan fingerprint density at radius 1 is 1.07 bits per heavy atom. The van der Waals surface area contributed by atoms with E-state index in [0.717, 1.165) is 17.6 Å². The molecule has 3 amide bonds. The van der Waals surface area contributed by atoms with Crippen LogP contribution >= 0.6 is 0 Å². The van der Waals surface area contributed by atoms with Gasteiger partial charge in [-0.15, -0.1) is 0 Å². The number of aromatic amines is 1. The molecule has 2 aromatic carbocycles. The largest absolute Gasteiger partial charge is 0.469 e. The highest BCUT2D eigenvalue weighted by atomic mass is 19.4. The highest BCUT2D eigenvalue weighted by molar-refractivity contribution is 5.97. The van der Waals surface area contributed by atoms with E-state index in [-0.39, 0.29) is 25.3 Å². The van der Waals surface area contributed by atoms with E-state index in [2.05, 4.69) is 20.3 Å². The van der Waals surface area contributed by atoms with Gasteiger partial charge in [-0.2, -0.15) is 18.3 Å². The van der Waals surface area contributed by atoms with Crippen LogP contribution in [0.25, 0.3) is 11.3 Å². The molecule has 4 rings (SSSR count). The van der Waals surface area contributed by atoms with Crippen molar-refractivity contribution in [3.05, 3.63) is 77.2 Å². The van der Waals surface area contributed by atoms with Crippen LogP contribution in [0, 0.1) is 5.82 Å². The highest BCUT2D eigenvalue weighted by Gasteiger charge is 2.40. The van der Waals surface area contributed by atoms with Crippen molar-refractivity contribution in [2.75, 3.05) is 33.3 Å². The maximum Gasteiger partial charge on any atom is 0.417 e. The summed E-state index contributed by atoms with van der Waals surface area (Å²) in [5.74, 6) is -4.12. The van der Waals surface area contributed by atoms with Gasteiger partial charge in [-0.25, -0.2) is 4.39 Å². The molecule has 0 saturated carbocycles. The quantitative estimate of drug-likeness (QED) is 0.330. The van der Waals surface area contributed by atoms with Gasteiger partial charge in [-0.1, -0.05) is 30.3 Å². The molecule has 3 aromatic rings. The van der Waals surface area contributed by atoms with Crippen molar-refractivity contribution < 1.29 is 41.5 Å². The van der Waals surface area contributed by atoms with E-state index in [1.165, 1.54) is 11.0 Å². The molecule has 1 saturated heterocycles. The number of nitrogens with one attached hydrogen (secondary N) is 2. The lowest BCUT2D eigenvalue weighted by atomic mass is 10.0. The average Bonchev–Trinajstić information content (AvgIpc) is 3.45. The number of carbonyl (C=O) groups is 4. The van der Waals surface area contributed by atoms with Crippen molar-refractivity contribution in [1.29, 1.82) is 0 Å². The first-order chi connectivity index (χ1) is 19.5. The van der Waals surface area contributed by atoms with E-state index in [4.69, 9.17) is 0 Å². The molecule has 1 atom stereocenters. The summed E-state index contributed by atoms with van der Waals surface area (Å²) in [6.45, 7) is -1.01. The minimum absolute atomic E-state index is 0.0474. The Hall–Kier alpha value is -4.75. The number of nitrogens with zero attached hydrogens (tertiary/aromatic N) is 3. The van der Waals surface area contributed by atoms with Crippen LogP contribution in [0.1, 0.15) is 32.8 Å². The lowest BCUT2D eigenvalue weighted by molar-refractivity contribution is -0.144. The molecule has 1 aromatic heterocycles. The lowest BCUT2D eigenvalue weighted by Crippen LogP contribution is -2.58. The zero-order valence-electron chi connectivity index (χ0n) is 21.7. The molecule has 1 aliphatic rings. The highest BCUT2D eigenvalue weighted by Crippen LogP contribution is 2.33. The van der Waals surface area contributed by atoms with Gasteiger partial charge in [0.1, 0.15) is 5.82 Å². The van der Waals surface area contributed by atoms with E-state index in [1.807, 2.05) is 30.3 Å². The Morgan fingerprint density at radius 3 is 2.49 bits per heavy atom. The molecule has 216 valence electrons. The normalized spacial score (nSPS) is 15.4. The number of methoxy groups -OCH3 is 1. The van der Waals surface area contributed by atoms with Gasteiger partial charge in [0.05, 0.1) is 42.9 Å². The van der Waals surface area contributed by atoms with Crippen molar-refractivity contribution in [3.8, 4) is 11.3 Å². The van der Waals surface area contributed by atoms with Gasteiger partial charge in [0, 0.05) is 19.6 Å². The summed E-state index contributed by atoms with van der Waals surface area (Å²) >= 11 is 0. The van der Waals surface area contributed by atoms with Crippen LogP contribution in [0.4, 0.5) is 17.6 Å². The number of piperazine rings is 1. The number of halogens is 4. The molecule has 41 heavy (non-hydrogen) atoms. The van der Waals surface area contributed by atoms with E-state index < -0.39 is 65.8 Å². The fourth-order valence-corrected chi connectivity index (χ4v) is 4.46. The molecule has 0 aliphatic carbocycles. The number of benzene rings is 2. The Kier molecular flexibility index (Phi) is 8.69. The average molecular weight is 576 g/mol. The van der Waals surface area contributed by atoms with E-state index in [9.17, 15) is 36.7 Å². The third-order valence-electron chi connectivity index (χ3n) is 6.54. The maximum atomic E-state index is 13.8. The number of hydrogen-bond acceptors (Lipinski definition) is 6. The molecule has 0 bridgehead atoms. The van der Waals surface area contributed by atoms with Crippen LogP contribution in [0.5, 0.6) is 0 Å². The minimum atomic E-state index is -4.93. The Labute approximate surface area is 231 Å². The zero-order chi connectivity index (χ0) is 29.7. The van der Waals surface area contributed by atoms with Gasteiger partial charge in [0.2, 0.25) is 5.91 Å². The van der Waals surface area contributed by atoms with E-state index in [1.54, 1.807) is 0 Å². The molecule has 10 nitrogen and oxygen atoms in total. The van der Waals surface area contributed by atoms with Crippen LogP contribution in [-0.4, -0.2) is 83.0 Å². The Bertz CT molecular complexity index is 1440. The van der Waals surface area contributed by atoms with Crippen molar-refractivity contribution >= 4 is 23.7 Å². The van der Waals surface area contributed by atoms with Gasteiger partial charge < -0.3 is 19.9 Å². The van der Waals surface area contributed by atoms with E-state index in [0.29, 0.717) is 23.9 Å². The summed E-state index contributed by atoms with van der Waals surface area (Å²) in [7, 11) is 1.10. The van der Waals surface area contributed by atoms with Crippen molar-refractivity contribution in [3.63, 3.8) is 0 Å². The van der Waals surface area contributed by atoms with Crippen molar-refractivity contribution in [1.82, 2.24) is 25.3 Å². The number of carbonyl (C=O) groups excluding carboxylic acids is 4. The molecule has 2 heterocycles. The number of amides is 3. The zero-order valence-corrected chi connectivity index (χ0v) is 21.7. The maximum absolute atomic E-state index is 13.8. The number of alkyl halides is 3. The number of esters is 1. The number of aromatic nitrogens is 2. The fourth-order valence-electron chi connectivity index (χ4n) is 4.46. The molecule has 0 radical (unpaired) electrons. The second kappa shape index (κ2) is 12.2. The fraction of sp³-hybridized carbons (Fsp3) is 0.296.